The number of hydrogen-bond donors (Lipinski definition) is 1. The lowest BCUT2D eigenvalue weighted by atomic mass is 9.98. The molecule has 0 bridgehead atoms. The predicted molar refractivity (Wildman–Crippen MR) is 108 cm³/mol. The standard InChI is InChI=1S/C19H17Cl2N3O2S/c1-26-8-3-7-24-18(12-6-5-11(20)10-13(12)21)15-16(14-4-2-9-27-14)22-23-17(15)19(24)25/h2,4-6,9-10,18H,3,7-8H2,1H3,(H,22,23). The number of aromatic amines is 1. The normalized spacial score (nSPS) is 16.2. The molecule has 0 fully saturated rings. The number of H-pyrrole nitrogens is 1. The summed E-state index contributed by atoms with van der Waals surface area (Å²) in [5.41, 5.74) is 3.01. The van der Waals surface area contributed by atoms with E-state index in [9.17, 15) is 4.79 Å². The van der Waals surface area contributed by atoms with Gasteiger partial charge in [-0.05, 0) is 35.6 Å². The first-order chi connectivity index (χ1) is 13.1. The molecule has 0 saturated carbocycles. The van der Waals surface area contributed by atoms with Gasteiger partial charge >= 0.3 is 0 Å². The van der Waals surface area contributed by atoms with Gasteiger partial charge in [0.1, 0.15) is 0 Å². The highest BCUT2D eigenvalue weighted by atomic mass is 35.5. The van der Waals surface area contributed by atoms with Gasteiger partial charge < -0.3 is 9.64 Å². The second-order valence-corrected chi connectivity index (χ2v) is 8.04. The molecule has 27 heavy (non-hydrogen) atoms. The molecule has 3 aromatic rings. The van der Waals surface area contributed by atoms with E-state index < -0.39 is 0 Å². The number of carbonyl (C=O) groups is 1. The second-order valence-electron chi connectivity index (χ2n) is 6.25. The first-order valence-corrected chi connectivity index (χ1v) is 10.1. The number of methoxy groups -OCH3 is 1. The largest absolute Gasteiger partial charge is 0.385 e. The topological polar surface area (TPSA) is 58.2 Å². The van der Waals surface area contributed by atoms with Gasteiger partial charge in [0.25, 0.3) is 5.91 Å². The second kappa shape index (κ2) is 7.64. The van der Waals surface area contributed by atoms with Crippen molar-refractivity contribution in [2.24, 2.45) is 0 Å². The Morgan fingerprint density at radius 3 is 2.89 bits per heavy atom. The van der Waals surface area contributed by atoms with Crippen molar-refractivity contribution in [2.45, 2.75) is 12.5 Å². The Balaban J connectivity index is 1.84. The highest BCUT2D eigenvalue weighted by Crippen LogP contribution is 2.45. The molecule has 1 aromatic carbocycles. The van der Waals surface area contributed by atoms with Crippen LogP contribution in [0.4, 0.5) is 0 Å². The quantitative estimate of drug-likeness (QED) is 0.567. The van der Waals surface area contributed by atoms with Crippen LogP contribution in [0.1, 0.15) is 34.1 Å². The average molecular weight is 422 g/mol. The minimum atomic E-state index is -0.315. The Kier molecular flexibility index (Phi) is 5.23. The number of halogens is 2. The summed E-state index contributed by atoms with van der Waals surface area (Å²) in [6, 6.07) is 9.06. The van der Waals surface area contributed by atoms with Crippen molar-refractivity contribution in [2.75, 3.05) is 20.3 Å². The van der Waals surface area contributed by atoms with Crippen LogP contribution in [0.2, 0.25) is 10.0 Å². The predicted octanol–water partition coefficient (Wildman–Crippen LogP) is 5.03. The molecule has 1 aliphatic heterocycles. The number of amides is 1. The molecule has 8 heteroatoms. The summed E-state index contributed by atoms with van der Waals surface area (Å²) in [6.07, 6.45) is 0.728. The van der Waals surface area contributed by atoms with Crippen LogP contribution in [0.5, 0.6) is 0 Å². The molecular weight excluding hydrogens is 405 g/mol. The van der Waals surface area contributed by atoms with E-state index in [4.69, 9.17) is 27.9 Å². The van der Waals surface area contributed by atoms with Crippen LogP contribution in [0.3, 0.4) is 0 Å². The van der Waals surface area contributed by atoms with E-state index >= 15 is 0 Å². The summed E-state index contributed by atoms with van der Waals surface area (Å²) >= 11 is 14.2. The number of aromatic nitrogens is 2. The molecular formula is C19H17Cl2N3O2S. The molecule has 3 heterocycles. The molecule has 1 unspecified atom stereocenters. The number of nitrogens with one attached hydrogen (secondary N) is 1. The molecule has 1 N–H and O–H groups in total. The Labute approximate surface area is 170 Å². The molecule has 4 rings (SSSR count). The maximum absolute atomic E-state index is 13.1. The molecule has 140 valence electrons. The molecule has 1 amide bonds. The average Bonchev–Trinajstić information content (AvgIpc) is 3.35. The number of rotatable bonds is 6. The lowest BCUT2D eigenvalue weighted by Gasteiger charge is -2.27. The van der Waals surface area contributed by atoms with Crippen molar-refractivity contribution in [3.63, 3.8) is 0 Å². The summed E-state index contributed by atoms with van der Waals surface area (Å²) in [4.78, 5) is 15.9. The third-order valence-electron chi connectivity index (χ3n) is 4.62. The Morgan fingerprint density at radius 1 is 1.33 bits per heavy atom. The summed E-state index contributed by atoms with van der Waals surface area (Å²) < 4.78 is 5.16. The van der Waals surface area contributed by atoms with E-state index in [1.165, 1.54) is 0 Å². The van der Waals surface area contributed by atoms with Crippen LogP contribution in [0, 0.1) is 0 Å². The third kappa shape index (κ3) is 3.27. The first-order valence-electron chi connectivity index (χ1n) is 8.48. The Bertz CT molecular complexity index is 972. The molecule has 0 spiro atoms. The first kappa shape index (κ1) is 18.5. The van der Waals surface area contributed by atoms with E-state index in [0.29, 0.717) is 28.9 Å². The van der Waals surface area contributed by atoms with E-state index in [2.05, 4.69) is 10.2 Å². The minimum absolute atomic E-state index is 0.101. The van der Waals surface area contributed by atoms with Crippen LogP contribution in [0.15, 0.2) is 35.7 Å². The molecule has 0 aliphatic carbocycles. The van der Waals surface area contributed by atoms with E-state index in [-0.39, 0.29) is 11.9 Å². The zero-order valence-corrected chi connectivity index (χ0v) is 16.9. The number of thiophene rings is 1. The maximum atomic E-state index is 13.1. The molecule has 2 aromatic heterocycles. The number of fused-ring (bicyclic) bond motifs is 1. The molecule has 1 atom stereocenters. The van der Waals surface area contributed by atoms with Gasteiger partial charge in [-0.2, -0.15) is 5.10 Å². The van der Waals surface area contributed by atoms with Gasteiger partial charge in [-0.1, -0.05) is 35.3 Å². The highest BCUT2D eigenvalue weighted by Gasteiger charge is 2.43. The number of carbonyl (C=O) groups excluding carboxylic acids is 1. The summed E-state index contributed by atoms with van der Waals surface area (Å²) in [5.74, 6) is -0.101. The van der Waals surface area contributed by atoms with Crippen molar-refractivity contribution in [1.82, 2.24) is 15.1 Å². The van der Waals surface area contributed by atoms with Crippen molar-refractivity contribution >= 4 is 40.4 Å². The van der Waals surface area contributed by atoms with Gasteiger partial charge in [-0.3, -0.25) is 9.89 Å². The fourth-order valence-electron chi connectivity index (χ4n) is 3.45. The van der Waals surface area contributed by atoms with E-state index in [1.54, 1.807) is 30.6 Å². The van der Waals surface area contributed by atoms with Crippen molar-refractivity contribution in [1.29, 1.82) is 0 Å². The Hall–Kier alpha value is -1.86. The maximum Gasteiger partial charge on any atom is 0.275 e. The lowest BCUT2D eigenvalue weighted by Crippen LogP contribution is -2.31. The van der Waals surface area contributed by atoms with Gasteiger partial charge in [0, 0.05) is 35.9 Å². The molecule has 0 radical (unpaired) electrons. The van der Waals surface area contributed by atoms with Crippen LogP contribution in [-0.4, -0.2) is 41.3 Å². The fourth-order valence-corrected chi connectivity index (χ4v) is 4.70. The summed E-state index contributed by atoms with van der Waals surface area (Å²) in [5, 5.41) is 10.5. The van der Waals surface area contributed by atoms with Gasteiger partial charge in [0.15, 0.2) is 5.69 Å². The number of benzene rings is 1. The van der Waals surface area contributed by atoms with Gasteiger partial charge in [-0.25, -0.2) is 0 Å². The molecule has 0 saturated heterocycles. The van der Waals surface area contributed by atoms with Crippen molar-refractivity contribution in [3.05, 3.63) is 62.6 Å². The number of ether oxygens (including phenoxy) is 1. The smallest absolute Gasteiger partial charge is 0.275 e. The van der Waals surface area contributed by atoms with Crippen LogP contribution >= 0.6 is 34.5 Å². The zero-order valence-electron chi connectivity index (χ0n) is 14.5. The van der Waals surface area contributed by atoms with Gasteiger partial charge in [0.2, 0.25) is 0 Å². The molecule has 5 nitrogen and oxygen atoms in total. The SMILES string of the molecule is COCCCN1C(=O)c2n[nH]c(-c3cccs3)c2C1c1ccc(Cl)cc1Cl. The zero-order chi connectivity index (χ0) is 19.0. The lowest BCUT2D eigenvalue weighted by molar-refractivity contribution is 0.0723. The van der Waals surface area contributed by atoms with Gasteiger partial charge in [0.05, 0.1) is 16.6 Å². The van der Waals surface area contributed by atoms with E-state index in [1.807, 2.05) is 28.5 Å². The van der Waals surface area contributed by atoms with Crippen molar-refractivity contribution in [3.8, 4) is 10.6 Å². The van der Waals surface area contributed by atoms with Crippen molar-refractivity contribution < 1.29 is 9.53 Å². The highest BCUT2D eigenvalue weighted by molar-refractivity contribution is 7.13. The monoisotopic (exact) mass is 421 g/mol. The number of nitrogens with zero attached hydrogens (tertiary/aromatic N) is 2. The van der Waals surface area contributed by atoms with Crippen LogP contribution in [-0.2, 0) is 4.74 Å². The number of hydrogen-bond acceptors (Lipinski definition) is 4. The third-order valence-corrected chi connectivity index (χ3v) is 6.07. The van der Waals surface area contributed by atoms with Crippen LogP contribution in [0.25, 0.3) is 10.6 Å². The van der Waals surface area contributed by atoms with Crippen LogP contribution < -0.4 is 0 Å². The van der Waals surface area contributed by atoms with E-state index in [0.717, 1.165) is 28.1 Å². The Morgan fingerprint density at radius 2 is 2.19 bits per heavy atom. The minimum Gasteiger partial charge on any atom is -0.385 e. The summed E-state index contributed by atoms with van der Waals surface area (Å²) in [7, 11) is 1.65. The molecule has 1 aliphatic rings. The summed E-state index contributed by atoms with van der Waals surface area (Å²) in [6.45, 7) is 1.13. The van der Waals surface area contributed by atoms with Gasteiger partial charge in [-0.15, -0.1) is 11.3 Å². The fraction of sp³-hybridized carbons (Fsp3) is 0.263.